The van der Waals surface area contributed by atoms with Gasteiger partial charge in [-0.3, -0.25) is 0 Å². The van der Waals surface area contributed by atoms with E-state index in [1.54, 1.807) is 6.92 Å². The predicted octanol–water partition coefficient (Wildman–Crippen LogP) is 0.340. The summed E-state index contributed by atoms with van der Waals surface area (Å²) in [7, 11) is 1.52. The molecule has 0 saturated heterocycles. The number of hydrogen-bond donors (Lipinski definition) is 2. The highest BCUT2D eigenvalue weighted by Gasteiger charge is 2.08. The Labute approximate surface area is 65.6 Å². The maximum absolute atomic E-state index is 10.5. The van der Waals surface area contributed by atoms with Gasteiger partial charge in [-0.05, 0) is 6.92 Å². The summed E-state index contributed by atoms with van der Waals surface area (Å²) in [6.45, 7) is 1.95. The predicted molar refractivity (Wildman–Crippen MR) is 41.0 cm³/mol. The molecule has 11 heavy (non-hydrogen) atoms. The minimum atomic E-state index is -0.970. The van der Waals surface area contributed by atoms with E-state index in [0.717, 1.165) is 0 Å². The molecule has 0 aliphatic heterocycles. The highest BCUT2D eigenvalue weighted by molar-refractivity contribution is 5.87. The SMILES string of the molecule is COCC/C(C(=O)O)=C(\C)N. The lowest BCUT2D eigenvalue weighted by Gasteiger charge is -2.02. The van der Waals surface area contributed by atoms with Crippen LogP contribution in [0, 0.1) is 0 Å². The number of carbonyl (C=O) groups is 1. The van der Waals surface area contributed by atoms with Crippen molar-refractivity contribution >= 4 is 5.97 Å². The van der Waals surface area contributed by atoms with E-state index in [4.69, 9.17) is 15.6 Å². The minimum absolute atomic E-state index is 0.229. The molecule has 0 amide bonds. The summed E-state index contributed by atoms with van der Waals surface area (Å²) in [5.74, 6) is -0.970. The molecule has 0 fully saturated rings. The average molecular weight is 159 g/mol. The second kappa shape index (κ2) is 4.73. The molecule has 64 valence electrons. The molecule has 3 N–H and O–H groups in total. The second-order valence-electron chi connectivity index (χ2n) is 2.21. The van der Waals surface area contributed by atoms with Gasteiger partial charge in [0.15, 0.2) is 0 Å². The lowest BCUT2D eigenvalue weighted by Crippen LogP contribution is -2.10. The Morgan fingerprint density at radius 1 is 1.64 bits per heavy atom. The van der Waals surface area contributed by atoms with Crippen LogP contribution in [0.2, 0.25) is 0 Å². The zero-order chi connectivity index (χ0) is 8.85. The molecule has 0 heterocycles. The molecular formula is C7H13NO3. The van der Waals surface area contributed by atoms with Crippen LogP contribution in [0.4, 0.5) is 0 Å². The number of rotatable bonds is 4. The standard InChI is InChI=1S/C7H13NO3/c1-5(8)6(7(9)10)3-4-11-2/h3-4,8H2,1-2H3,(H,9,10)/b6-5-. The maximum Gasteiger partial charge on any atom is 0.333 e. The Morgan fingerprint density at radius 2 is 2.18 bits per heavy atom. The van der Waals surface area contributed by atoms with Gasteiger partial charge in [0.25, 0.3) is 0 Å². The lowest BCUT2D eigenvalue weighted by molar-refractivity contribution is -0.133. The van der Waals surface area contributed by atoms with Crippen molar-refractivity contribution < 1.29 is 14.6 Å². The monoisotopic (exact) mass is 159 g/mol. The molecule has 0 radical (unpaired) electrons. The Hall–Kier alpha value is -1.03. The van der Waals surface area contributed by atoms with Crippen LogP contribution in [0.1, 0.15) is 13.3 Å². The van der Waals surface area contributed by atoms with E-state index in [9.17, 15) is 4.79 Å². The summed E-state index contributed by atoms with van der Waals surface area (Å²) in [6.07, 6.45) is 0.355. The van der Waals surface area contributed by atoms with Gasteiger partial charge in [-0.2, -0.15) is 0 Å². The third-order valence-corrected chi connectivity index (χ3v) is 1.29. The van der Waals surface area contributed by atoms with Gasteiger partial charge in [-0.25, -0.2) is 4.79 Å². The van der Waals surface area contributed by atoms with Gasteiger partial charge in [0, 0.05) is 19.2 Å². The first kappa shape index (κ1) is 9.97. The van der Waals surface area contributed by atoms with Crippen molar-refractivity contribution in [1.29, 1.82) is 0 Å². The summed E-state index contributed by atoms with van der Waals surface area (Å²) >= 11 is 0. The molecule has 4 heteroatoms. The lowest BCUT2D eigenvalue weighted by atomic mass is 10.1. The molecule has 0 unspecified atom stereocenters. The molecule has 0 bridgehead atoms. The van der Waals surface area contributed by atoms with Gasteiger partial charge >= 0.3 is 5.97 Å². The number of nitrogens with two attached hydrogens (primary N) is 1. The summed E-state index contributed by atoms with van der Waals surface area (Å²) in [4.78, 5) is 10.5. The van der Waals surface area contributed by atoms with Crippen molar-refractivity contribution in [2.75, 3.05) is 13.7 Å². The van der Waals surface area contributed by atoms with Gasteiger partial charge < -0.3 is 15.6 Å². The molecule has 0 atom stereocenters. The van der Waals surface area contributed by atoms with E-state index < -0.39 is 5.97 Å². The van der Waals surface area contributed by atoms with E-state index in [2.05, 4.69) is 0 Å². The average Bonchev–Trinajstić information content (AvgIpc) is 1.87. The maximum atomic E-state index is 10.5. The number of ether oxygens (including phenoxy) is 1. The Morgan fingerprint density at radius 3 is 2.45 bits per heavy atom. The van der Waals surface area contributed by atoms with Crippen LogP contribution in [0.15, 0.2) is 11.3 Å². The van der Waals surface area contributed by atoms with Crippen LogP contribution >= 0.6 is 0 Å². The number of allylic oxidation sites excluding steroid dienone is 1. The zero-order valence-electron chi connectivity index (χ0n) is 6.76. The van der Waals surface area contributed by atoms with Crippen LogP contribution in [0.25, 0.3) is 0 Å². The highest BCUT2D eigenvalue weighted by atomic mass is 16.5. The first-order valence-electron chi connectivity index (χ1n) is 3.27. The van der Waals surface area contributed by atoms with Crippen LogP contribution in [0.5, 0.6) is 0 Å². The fraction of sp³-hybridized carbons (Fsp3) is 0.571. The number of carboxylic acids is 1. The van der Waals surface area contributed by atoms with E-state index in [-0.39, 0.29) is 5.57 Å². The highest BCUT2D eigenvalue weighted by Crippen LogP contribution is 2.04. The fourth-order valence-electron chi connectivity index (χ4n) is 0.677. The molecule has 0 aromatic carbocycles. The van der Waals surface area contributed by atoms with Crippen molar-refractivity contribution in [2.45, 2.75) is 13.3 Å². The third-order valence-electron chi connectivity index (χ3n) is 1.29. The van der Waals surface area contributed by atoms with Gasteiger partial charge in [-0.15, -0.1) is 0 Å². The molecule has 0 spiro atoms. The smallest absolute Gasteiger partial charge is 0.333 e. The third kappa shape index (κ3) is 3.62. The molecule has 0 saturated carbocycles. The van der Waals surface area contributed by atoms with Crippen LogP contribution in [0.3, 0.4) is 0 Å². The molecule has 0 aromatic heterocycles. The minimum Gasteiger partial charge on any atom is -0.478 e. The first-order chi connectivity index (χ1) is 5.09. The molecule has 0 aliphatic carbocycles. The van der Waals surface area contributed by atoms with Gasteiger partial charge in [0.1, 0.15) is 0 Å². The largest absolute Gasteiger partial charge is 0.478 e. The number of methoxy groups -OCH3 is 1. The molecule has 0 rings (SSSR count). The fourth-order valence-corrected chi connectivity index (χ4v) is 0.677. The van der Waals surface area contributed by atoms with Crippen molar-refractivity contribution in [3.63, 3.8) is 0 Å². The van der Waals surface area contributed by atoms with Gasteiger partial charge in [0.2, 0.25) is 0 Å². The van der Waals surface area contributed by atoms with E-state index in [0.29, 0.717) is 18.7 Å². The quantitative estimate of drug-likeness (QED) is 0.580. The zero-order valence-corrected chi connectivity index (χ0v) is 6.76. The number of aliphatic carboxylic acids is 1. The van der Waals surface area contributed by atoms with E-state index in [1.807, 2.05) is 0 Å². The second-order valence-corrected chi connectivity index (χ2v) is 2.21. The van der Waals surface area contributed by atoms with Gasteiger partial charge in [-0.1, -0.05) is 0 Å². The van der Waals surface area contributed by atoms with Crippen LogP contribution in [-0.4, -0.2) is 24.8 Å². The summed E-state index contributed by atoms with van der Waals surface area (Å²) in [5, 5.41) is 8.58. The van der Waals surface area contributed by atoms with Crippen molar-refractivity contribution in [3.8, 4) is 0 Å². The number of carboxylic acid groups (broad SMARTS) is 1. The summed E-state index contributed by atoms with van der Waals surface area (Å²) < 4.78 is 4.72. The molecule has 0 aliphatic rings. The Balaban J connectivity index is 4.14. The molecular weight excluding hydrogens is 146 g/mol. The Bertz CT molecular complexity index is 171. The van der Waals surface area contributed by atoms with Crippen molar-refractivity contribution in [2.24, 2.45) is 5.73 Å². The van der Waals surface area contributed by atoms with Crippen molar-refractivity contribution in [1.82, 2.24) is 0 Å². The first-order valence-corrected chi connectivity index (χ1v) is 3.27. The van der Waals surface area contributed by atoms with Gasteiger partial charge in [0.05, 0.1) is 12.2 Å². The van der Waals surface area contributed by atoms with Crippen LogP contribution in [-0.2, 0) is 9.53 Å². The molecule has 0 aromatic rings. The summed E-state index contributed by atoms with van der Waals surface area (Å²) in [6, 6.07) is 0. The van der Waals surface area contributed by atoms with Crippen LogP contribution < -0.4 is 5.73 Å². The topological polar surface area (TPSA) is 72.5 Å². The van der Waals surface area contributed by atoms with Crippen molar-refractivity contribution in [3.05, 3.63) is 11.3 Å². The molecule has 4 nitrogen and oxygen atoms in total. The Kier molecular flexibility index (Phi) is 4.29. The van der Waals surface area contributed by atoms with E-state index >= 15 is 0 Å². The number of hydrogen-bond acceptors (Lipinski definition) is 3. The van der Waals surface area contributed by atoms with E-state index in [1.165, 1.54) is 7.11 Å². The summed E-state index contributed by atoms with van der Waals surface area (Å²) in [5.41, 5.74) is 5.89. The normalized spacial score (nSPS) is 12.5.